The fourth-order valence-corrected chi connectivity index (χ4v) is 4.99. The lowest BCUT2D eigenvalue weighted by Crippen LogP contribution is -2.48. The van der Waals surface area contributed by atoms with Gasteiger partial charge in [-0.05, 0) is 30.5 Å². The van der Waals surface area contributed by atoms with Crippen molar-refractivity contribution in [3.05, 3.63) is 57.6 Å². The van der Waals surface area contributed by atoms with E-state index in [1.165, 1.54) is 18.0 Å². The van der Waals surface area contributed by atoms with Crippen LogP contribution in [0.5, 0.6) is 0 Å². The molecule has 2 aliphatic heterocycles. The van der Waals surface area contributed by atoms with E-state index < -0.39 is 0 Å². The number of nitrogens with one attached hydrogen (secondary N) is 1. The molecule has 1 fully saturated rings. The number of thioether (sulfide) groups is 1. The van der Waals surface area contributed by atoms with E-state index in [1.54, 1.807) is 18.2 Å². The number of aromatic nitrogens is 2. The molecule has 0 radical (unpaired) electrons. The molecular formula is C19H19ClN4O2S2. The van der Waals surface area contributed by atoms with Crippen molar-refractivity contribution in [3.8, 4) is 0 Å². The zero-order chi connectivity index (χ0) is 19.7. The second kappa shape index (κ2) is 8.23. The first-order chi connectivity index (χ1) is 13.5. The summed E-state index contributed by atoms with van der Waals surface area (Å²) in [5.74, 6) is 1.24. The number of hydrogen-bond acceptors (Lipinski definition) is 5. The van der Waals surface area contributed by atoms with Crippen LogP contribution in [0.1, 0.15) is 18.0 Å². The van der Waals surface area contributed by atoms with E-state index in [0.717, 1.165) is 36.1 Å². The zero-order valence-electron chi connectivity index (χ0n) is 15.0. The Bertz CT molecular complexity index is 963. The van der Waals surface area contributed by atoms with Crippen molar-refractivity contribution >= 4 is 51.6 Å². The van der Waals surface area contributed by atoms with E-state index in [1.807, 2.05) is 16.7 Å². The summed E-state index contributed by atoms with van der Waals surface area (Å²) in [6, 6.07) is 8.83. The molecule has 0 aliphatic carbocycles. The Kier molecular flexibility index (Phi) is 5.70. The number of anilines is 1. The molecule has 0 aromatic carbocycles. The van der Waals surface area contributed by atoms with Gasteiger partial charge in [0.1, 0.15) is 10.1 Å². The number of amides is 1. The number of thiocarbonyl (C=S) groups is 1. The highest BCUT2D eigenvalue weighted by molar-refractivity contribution is 8.23. The largest absolute Gasteiger partial charge is 0.356 e. The van der Waals surface area contributed by atoms with Crippen molar-refractivity contribution in [1.29, 1.82) is 0 Å². The SMILES string of the molecule is O=C(CSC(=S)N1C[C@H]2C[C@H](C1)c1cccc(=O)n1C2)Nc1ccc(Cl)cn1. The molecule has 0 unspecified atom stereocenters. The molecule has 0 spiro atoms. The molecule has 28 heavy (non-hydrogen) atoms. The number of hydrogen-bond donors (Lipinski definition) is 1. The lowest BCUT2D eigenvalue weighted by Gasteiger charge is -2.43. The Labute approximate surface area is 177 Å². The summed E-state index contributed by atoms with van der Waals surface area (Å²) < 4.78 is 2.62. The summed E-state index contributed by atoms with van der Waals surface area (Å²) in [6.07, 6.45) is 2.57. The van der Waals surface area contributed by atoms with Gasteiger partial charge < -0.3 is 14.8 Å². The summed E-state index contributed by atoms with van der Waals surface area (Å²) in [4.78, 5) is 30.5. The Morgan fingerprint density at radius 1 is 1.29 bits per heavy atom. The van der Waals surface area contributed by atoms with Gasteiger partial charge in [0, 0.05) is 43.5 Å². The molecule has 2 aromatic rings. The predicted octanol–water partition coefficient (Wildman–Crippen LogP) is 2.97. The molecule has 6 nitrogen and oxygen atoms in total. The molecule has 0 saturated carbocycles. The number of piperidine rings is 1. The van der Waals surface area contributed by atoms with Crippen molar-refractivity contribution in [2.75, 3.05) is 24.2 Å². The molecule has 1 saturated heterocycles. The maximum Gasteiger partial charge on any atom is 0.250 e. The fraction of sp³-hybridized carbons (Fsp3) is 0.368. The van der Waals surface area contributed by atoms with Gasteiger partial charge >= 0.3 is 0 Å². The van der Waals surface area contributed by atoms with Crippen molar-refractivity contribution in [3.63, 3.8) is 0 Å². The molecule has 2 aliphatic rings. The monoisotopic (exact) mass is 434 g/mol. The van der Waals surface area contributed by atoms with Crippen LogP contribution in [0.15, 0.2) is 41.3 Å². The first kappa shape index (κ1) is 19.4. The number of carbonyl (C=O) groups is 1. The van der Waals surface area contributed by atoms with E-state index in [4.69, 9.17) is 23.8 Å². The molecule has 1 N–H and O–H groups in total. The number of likely N-dealkylation sites (tertiary alicyclic amines) is 1. The third kappa shape index (κ3) is 4.24. The maximum atomic E-state index is 12.2. The van der Waals surface area contributed by atoms with Gasteiger partial charge in [-0.3, -0.25) is 9.59 Å². The Balaban J connectivity index is 1.34. The minimum absolute atomic E-state index is 0.0741. The standard InChI is InChI=1S/C19H19ClN4O2S2/c20-14-4-5-16(21-7-14)22-17(25)11-28-19(27)23-8-12-6-13(10-23)15-2-1-3-18(26)24(15)9-12/h1-5,7,12-13H,6,8-11H2,(H,21,22,25)/t12-,13-/m1/s1. The van der Waals surface area contributed by atoms with Gasteiger partial charge in [0.25, 0.3) is 5.56 Å². The van der Waals surface area contributed by atoms with Crippen LogP contribution in [0, 0.1) is 5.92 Å². The van der Waals surface area contributed by atoms with Gasteiger partial charge in [-0.25, -0.2) is 4.98 Å². The third-order valence-electron chi connectivity index (χ3n) is 5.06. The van der Waals surface area contributed by atoms with Crippen LogP contribution < -0.4 is 10.9 Å². The summed E-state index contributed by atoms with van der Waals surface area (Å²) in [6.45, 7) is 2.34. The quantitative estimate of drug-likeness (QED) is 0.749. The molecular weight excluding hydrogens is 416 g/mol. The first-order valence-corrected chi connectivity index (χ1v) is 10.8. The van der Waals surface area contributed by atoms with Crippen LogP contribution in [-0.4, -0.2) is 43.5 Å². The highest BCUT2D eigenvalue weighted by Gasteiger charge is 2.35. The molecule has 1 amide bonds. The lowest BCUT2D eigenvalue weighted by atomic mass is 9.83. The van der Waals surface area contributed by atoms with Gasteiger partial charge in [0.15, 0.2) is 0 Å². The molecule has 9 heteroatoms. The van der Waals surface area contributed by atoms with Gasteiger partial charge in [-0.1, -0.05) is 41.6 Å². The topological polar surface area (TPSA) is 67.2 Å². The fourth-order valence-electron chi connectivity index (χ4n) is 3.89. The van der Waals surface area contributed by atoms with E-state index in [2.05, 4.69) is 15.2 Å². The van der Waals surface area contributed by atoms with Gasteiger partial charge in [0.05, 0.1) is 10.8 Å². The van der Waals surface area contributed by atoms with Gasteiger partial charge in [0.2, 0.25) is 5.91 Å². The zero-order valence-corrected chi connectivity index (χ0v) is 17.4. The number of halogens is 1. The summed E-state index contributed by atoms with van der Waals surface area (Å²) in [5, 5.41) is 3.26. The van der Waals surface area contributed by atoms with E-state index >= 15 is 0 Å². The number of pyridine rings is 2. The minimum atomic E-state index is -0.156. The maximum absolute atomic E-state index is 12.2. The average molecular weight is 435 g/mol. The van der Waals surface area contributed by atoms with Gasteiger partial charge in [-0.2, -0.15) is 0 Å². The average Bonchev–Trinajstić information content (AvgIpc) is 2.68. The molecule has 2 bridgehead atoms. The number of nitrogens with zero attached hydrogens (tertiary/aromatic N) is 3. The highest BCUT2D eigenvalue weighted by atomic mass is 35.5. The van der Waals surface area contributed by atoms with E-state index in [0.29, 0.717) is 22.7 Å². The Morgan fingerprint density at radius 3 is 2.93 bits per heavy atom. The van der Waals surface area contributed by atoms with Crippen LogP contribution >= 0.6 is 35.6 Å². The van der Waals surface area contributed by atoms with Crippen LogP contribution in [-0.2, 0) is 11.3 Å². The smallest absolute Gasteiger partial charge is 0.250 e. The second-order valence-corrected chi connectivity index (χ2v) is 9.11. The predicted molar refractivity (Wildman–Crippen MR) is 116 cm³/mol. The summed E-state index contributed by atoms with van der Waals surface area (Å²) >= 11 is 12.7. The number of fused-ring (bicyclic) bond motifs is 4. The second-order valence-electron chi connectivity index (χ2n) is 7.07. The lowest BCUT2D eigenvalue weighted by molar-refractivity contribution is -0.113. The number of rotatable bonds is 3. The van der Waals surface area contributed by atoms with Crippen LogP contribution in [0.25, 0.3) is 0 Å². The van der Waals surface area contributed by atoms with Crippen LogP contribution in [0.3, 0.4) is 0 Å². The number of carbonyl (C=O) groups excluding carboxylic acids is 1. The van der Waals surface area contributed by atoms with Crippen LogP contribution in [0.2, 0.25) is 5.02 Å². The highest BCUT2D eigenvalue weighted by Crippen LogP contribution is 2.36. The minimum Gasteiger partial charge on any atom is -0.356 e. The van der Waals surface area contributed by atoms with Crippen LogP contribution in [0.4, 0.5) is 5.82 Å². The van der Waals surface area contributed by atoms with Crippen molar-refractivity contribution in [1.82, 2.24) is 14.5 Å². The van der Waals surface area contributed by atoms with Gasteiger partial charge in [-0.15, -0.1) is 0 Å². The third-order valence-corrected chi connectivity index (χ3v) is 6.81. The van der Waals surface area contributed by atoms with Crippen molar-refractivity contribution < 1.29 is 4.79 Å². The van der Waals surface area contributed by atoms with E-state index in [-0.39, 0.29) is 17.2 Å². The van der Waals surface area contributed by atoms with Crippen molar-refractivity contribution in [2.45, 2.75) is 18.9 Å². The molecule has 4 heterocycles. The molecule has 4 rings (SSSR count). The molecule has 2 atom stereocenters. The molecule has 146 valence electrons. The van der Waals surface area contributed by atoms with E-state index in [9.17, 15) is 9.59 Å². The summed E-state index contributed by atoms with van der Waals surface area (Å²) in [5.41, 5.74) is 1.16. The molecule has 2 aromatic heterocycles. The Hall–Kier alpha value is -1.90. The normalized spacial score (nSPS) is 20.4. The Morgan fingerprint density at radius 2 is 2.14 bits per heavy atom. The summed E-state index contributed by atoms with van der Waals surface area (Å²) in [7, 11) is 0. The van der Waals surface area contributed by atoms with Crippen molar-refractivity contribution in [2.24, 2.45) is 5.92 Å². The first-order valence-electron chi connectivity index (χ1n) is 9.02.